The van der Waals surface area contributed by atoms with Gasteiger partial charge in [-0.1, -0.05) is 13.3 Å². The number of hydrogen-bond donors (Lipinski definition) is 8. The van der Waals surface area contributed by atoms with Gasteiger partial charge in [-0.15, -0.1) is 0 Å². The van der Waals surface area contributed by atoms with E-state index in [0.29, 0.717) is 12.8 Å². The Morgan fingerprint density at radius 2 is 1.97 bits per heavy atom. The molecule has 0 aromatic heterocycles. The third-order valence-electron chi connectivity index (χ3n) is 4.70. The summed E-state index contributed by atoms with van der Waals surface area (Å²) in [6.45, 7) is 3.05. The number of aliphatic hydroxyl groups is 2. The van der Waals surface area contributed by atoms with Crippen LogP contribution in [0.4, 0.5) is 0 Å². The topological polar surface area (TPSA) is 260 Å². The van der Waals surface area contributed by atoms with Crippen molar-refractivity contribution in [1.82, 2.24) is 5.32 Å². The van der Waals surface area contributed by atoms with Crippen molar-refractivity contribution in [3.63, 3.8) is 0 Å². The molecule has 15 heteroatoms. The quantitative estimate of drug-likeness (QED) is 0.0959. The molecule has 0 aliphatic carbocycles. The normalized spacial score (nSPS) is 25.9. The molecule has 1 aliphatic heterocycles. The predicted molar refractivity (Wildman–Crippen MR) is 121 cm³/mol. The molecule has 0 aromatic rings. The van der Waals surface area contributed by atoms with Gasteiger partial charge < -0.3 is 51.8 Å². The summed E-state index contributed by atoms with van der Waals surface area (Å²) in [5.74, 6) is -3.82. The van der Waals surface area contributed by atoms with Crippen LogP contribution in [0.25, 0.3) is 0 Å². The van der Waals surface area contributed by atoms with Gasteiger partial charge in [-0.25, -0.2) is 4.79 Å². The second-order valence-electron chi connectivity index (χ2n) is 7.73. The van der Waals surface area contributed by atoms with Crippen LogP contribution < -0.4 is 22.5 Å². The van der Waals surface area contributed by atoms with Crippen LogP contribution in [-0.4, -0.2) is 82.0 Å². The van der Waals surface area contributed by atoms with E-state index in [2.05, 4.69) is 5.32 Å². The van der Waals surface area contributed by atoms with E-state index in [1.165, 1.54) is 0 Å². The van der Waals surface area contributed by atoms with Crippen LogP contribution in [0.15, 0.2) is 11.4 Å². The van der Waals surface area contributed by atoms with E-state index in [1.807, 2.05) is 13.0 Å². The molecular weight excluding hydrogens is 471 g/mol. The van der Waals surface area contributed by atoms with Crippen molar-refractivity contribution in [2.75, 3.05) is 6.61 Å². The minimum atomic E-state index is -1.58. The van der Waals surface area contributed by atoms with Crippen LogP contribution in [0, 0.1) is 16.7 Å². The number of aliphatic carboxylic acids is 1. The van der Waals surface area contributed by atoms with E-state index in [4.69, 9.17) is 41.9 Å². The number of carbonyl (C=O) groups excluding carboxylic acids is 1. The highest BCUT2D eigenvalue weighted by atomic mass is 31.1. The molecule has 1 fully saturated rings. The lowest BCUT2D eigenvalue weighted by molar-refractivity contribution is -0.147. The zero-order chi connectivity index (χ0) is 26.0. The molecule has 0 radical (unpaired) electrons. The monoisotopic (exact) mass is 504 g/mol. The molecule has 8 unspecified atom stereocenters. The maximum Gasteiger partial charge on any atom is 0.339 e. The number of carboxylic acids is 1. The van der Waals surface area contributed by atoms with Crippen LogP contribution in [0.2, 0.25) is 0 Å². The average Bonchev–Trinajstić information content (AvgIpc) is 3.04. The fourth-order valence-electron chi connectivity index (χ4n) is 2.85. The van der Waals surface area contributed by atoms with Crippen molar-refractivity contribution in [3.8, 4) is 6.07 Å². The van der Waals surface area contributed by atoms with Crippen LogP contribution in [0.1, 0.15) is 33.1 Å². The van der Waals surface area contributed by atoms with Crippen molar-refractivity contribution >= 4 is 26.4 Å². The number of hydrogen-bond acceptors (Lipinski definition) is 12. The number of nitrogens with one attached hydrogen (secondary N) is 2. The first kappa shape index (κ1) is 29.7. The summed E-state index contributed by atoms with van der Waals surface area (Å²) in [5.41, 5.74) is 16.4. The second-order valence-corrected chi connectivity index (χ2v) is 8.73. The van der Waals surface area contributed by atoms with Gasteiger partial charge in [-0.2, -0.15) is 5.26 Å². The third kappa shape index (κ3) is 8.77. The summed E-state index contributed by atoms with van der Waals surface area (Å²) in [4.78, 5) is 23.7. The molecule has 34 heavy (non-hydrogen) atoms. The van der Waals surface area contributed by atoms with Crippen molar-refractivity contribution in [2.45, 2.75) is 75.6 Å². The maximum absolute atomic E-state index is 12.3. The highest BCUT2D eigenvalue weighted by Gasteiger charge is 2.44. The smallest absolute Gasteiger partial charge is 0.339 e. The van der Waals surface area contributed by atoms with Gasteiger partial charge in [0.05, 0.1) is 27.2 Å². The van der Waals surface area contributed by atoms with Gasteiger partial charge >= 0.3 is 5.97 Å². The van der Waals surface area contributed by atoms with E-state index in [-0.39, 0.29) is 23.9 Å². The first-order valence-electron chi connectivity index (χ1n) is 10.5. The number of nitrogens with zero attached hydrogens (tertiary/aromatic N) is 1. The molecule has 0 saturated carbocycles. The van der Waals surface area contributed by atoms with E-state index < -0.39 is 69.5 Å². The van der Waals surface area contributed by atoms with E-state index in [9.17, 15) is 24.9 Å². The van der Waals surface area contributed by atoms with Crippen LogP contribution >= 0.6 is 8.81 Å². The third-order valence-corrected chi connectivity index (χ3v) is 5.74. The summed E-state index contributed by atoms with van der Waals surface area (Å²) >= 11 is 0. The predicted octanol–water partition coefficient (Wildman–Crippen LogP) is -1.83. The fourth-order valence-corrected chi connectivity index (χ4v) is 3.55. The van der Waals surface area contributed by atoms with Crippen molar-refractivity contribution in [1.29, 1.82) is 10.7 Å². The zero-order valence-corrected chi connectivity index (χ0v) is 19.9. The number of allylic oxidation sites excluding steroid dienone is 1. The summed E-state index contributed by atoms with van der Waals surface area (Å²) in [6.07, 6.45) is -5.39. The first-order valence-corrected chi connectivity index (χ1v) is 11.5. The maximum atomic E-state index is 12.3. The van der Waals surface area contributed by atoms with E-state index >= 15 is 0 Å². The number of rotatable bonds is 14. The highest BCUT2D eigenvalue weighted by Crippen LogP contribution is 2.27. The Kier molecular flexibility index (Phi) is 12.3. The minimum Gasteiger partial charge on any atom is -0.479 e. The number of nitrogens with two attached hydrogens (primary N) is 3. The number of amides is 1. The summed E-state index contributed by atoms with van der Waals surface area (Å²) in [7, 11) is -0.748. The molecule has 1 aliphatic rings. The van der Waals surface area contributed by atoms with Gasteiger partial charge in [0.15, 0.2) is 12.1 Å². The lowest BCUT2D eigenvalue weighted by atomic mass is 10.1. The van der Waals surface area contributed by atoms with Gasteiger partial charge in [-0.3, -0.25) is 10.2 Å². The molecule has 0 spiro atoms. The average molecular weight is 504 g/mol. The van der Waals surface area contributed by atoms with Gasteiger partial charge in [-0.05, 0) is 13.3 Å². The fraction of sp³-hybridized carbons (Fsp3) is 0.684. The van der Waals surface area contributed by atoms with E-state index in [0.717, 1.165) is 0 Å². The summed E-state index contributed by atoms with van der Waals surface area (Å²) in [6, 6.07) is 1.54. The molecular formula is C19H33N6O8P. The standard InChI is InChI=1S/C19H33N6O8P/c1-3-4-10(22)12(23)13(24)16(28)25-17-15(27)14(26)11(32-17)7-31-19(18(29)30)34-33-9(6-20)5-8(2)21/h8-9,11,14-15,17,19,24,26-27,34H,3-5,7,21-23H2,1-2H3,(H,25,28)(H,29,30). The Labute approximate surface area is 198 Å². The molecule has 192 valence electrons. The Morgan fingerprint density at radius 3 is 2.50 bits per heavy atom. The molecule has 1 heterocycles. The van der Waals surface area contributed by atoms with Crippen molar-refractivity contribution in [2.24, 2.45) is 17.2 Å². The molecule has 1 saturated heterocycles. The molecule has 1 rings (SSSR count). The van der Waals surface area contributed by atoms with Crippen molar-refractivity contribution < 1.29 is 38.9 Å². The van der Waals surface area contributed by atoms with E-state index in [1.54, 1.807) is 6.92 Å². The Morgan fingerprint density at radius 1 is 1.32 bits per heavy atom. The molecule has 0 bridgehead atoms. The molecule has 14 nitrogen and oxygen atoms in total. The molecule has 11 N–H and O–H groups in total. The number of nitriles is 1. The second kappa shape index (κ2) is 14.1. The van der Waals surface area contributed by atoms with Crippen LogP contribution in [0.3, 0.4) is 0 Å². The van der Waals surface area contributed by atoms with Crippen LogP contribution in [0.5, 0.6) is 0 Å². The number of aliphatic hydroxyl groups excluding tert-OH is 2. The lowest BCUT2D eigenvalue weighted by Gasteiger charge is -2.20. The Bertz CT molecular complexity index is 804. The molecule has 8 atom stereocenters. The number of carboxylic acid groups (broad SMARTS) is 1. The summed E-state index contributed by atoms with van der Waals surface area (Å²) in [5, 5.41) is 48.9. The van der Waals surface area contributed by atoms with Gasteiger partial charge in [0.2, 0.25) is 0 Å². The van der Waals surface area contributed by atoms with Gasteiger partial charge in [0, 0.05) is 18.2 Å². The van der Waals surface area contributed by atoms with Gasteiger partial charge in [0.1, 0.15) is 30.1 Å². The van der Waals surface area contributed by atoms with Crippen molar-refractivity contribution in [3.05, 3.63) is 11.4 Å². The zero-order valence-electron chi connectivity index (χ0n) is 18.9. The minimum absolute atomic E-state index is 0.171. The highest BCUT2D eigenvalue weighted by molar-refractivity contribution is 7.34. The SMILES string of the molecule is CCCC(N)=C(N)C(=N)C(=O)NC1OC(COC(POC(C#N)CC(C)N)C(=O)O)C(O)C1O. The Hall–Kier alpha value is -2.37. The van der Waals surface area contributed by atoms with Crippen LogP contribution in [-0.2, 0) is 23.6 Å². The molecule has 0 aromatic carbocycles. The number of carbonyl (C=O) groups is 2. The summed E-state index contributed by atoms with van der Waals surface area (Å²) < 4.78 is 15.9. The first-order chi connectivity index (χ1) is 15.9. The lowest BCUT2D eigenvalue weighted by Crippen LogP contribution is -2.47. The molecule has 1 amide bonds. The van der Waals surface area contributed by atoms with Gasteiger partial charge in [0.25, 0.3) is 5.91 Å². The largest absolute Gasteiger partial charge is 0.479 e. The Balaban J connectivity index is 2.69. The number of ether oxygens (including phenoxy) is 2.